The van der Waals surface area contributed by atoms with Crippen LogP contribution in [0.15, 0.2) is 54.7 Å². The largest absolute Gasteiger partial charge is 0.462 e. The van der Waals surface area contributed by atoms with Crippen LogP contribution in [0.2, 0.25) is 0 Å². The van der Waals surface area contributed by atoms with E-state index in [1.807, 2.05) is 0 Å². The van der Waals surface area contributed by atoms with E-state index in [1.165, 1.54) is 18.1 Å². The van der Waals surface area contributed by atoms with Crippen molar-refractivity contribution in [2.24, 2.45) is 0 Å². The molecule has 0 fully saturated rings. The topological polar surface area (TPSA) is 93.5 Å². The zero-order valence-electron chi connectivity index (χ0n) is 18.7. The van der Waals surface area contributed by atoms with Crippen molar-refractivity contribution in [1.82, 2.24) is 15.1 Å². The molecule has 1 heterocycles. The van der Waals surface area contributed by atoms with Crippen LogP contribution in [-0.4, -0.2) is 47.8 Å². The number of likely N-dealkylation sites (N-methyl/N-ethyl adjacent to an activating group) is 1. The molecule has 0 aliphatic rings. The van der Waals surface area contributed by atoms with Crippen molar-refractivity contribution in [3.63, 3.8) is 0 Å². The van der Waals surface area contributed by atoms with Gasteiger partial charge in [-0.2, -0.15) is 5.10 Å². The van der Waals surface area contributed by atoms with E-state index >= 15 is 0 Å². The third-order valence-corrected chi connectivity index (χ3v) is 5.01. The molecule has 1 N–H and O–H groups in total. The summed E-state index contributed by atoms with van der Waals surface area (Å²) in [6.07, 6.45) is 6.94. The maximum atomic E-state index is 13.3. The zero-order valence-corrected chi connectivity index (χ0v) is 18.7. The first-order valence-electron chi connectivity index (χ1n) is 10.3. The molecule has 8 heteroatoms. The van der Waals surface area contributed by atoms with Crippen LogP contribution in [0.1, 0.15) is 38.9 Å². The van der Waals surface area contributed by atoms with E-state index in [1.54, 1.807) is 67.1 Å². The molecular formula is C25H24N4O4. The summed E-state index contributed by atoms with van der Waals surface area (Å²) in [5, 5.41) is 6.80. The van der Waals surface area contributed by atoms with Crippen LogP contribution >= 0.6 is 0 Å². The molecule has 168 valence electrons. The molecule has 0 atom stereocenters. The number of esters is 1. The minimum absolute atomic E-state index is 0.160. The quantitative estimate of drug-likeness (QED) is 0.447. The molecule has 0 spiro atoms. The van der Waals surface area contributed by atoms with Gasteiger partial charge in [0.1, 0.15) is 12.1 Å². The summed E-state index contributed by atoms with van der Waals surface area (Å²) in [4.78, 5) is 38.8. The number of ether oxygens (including phenoxy) is 1. The van der Waals surface area contributed by atoms with E-state index in [2.05, 4.69) is 16.3 Å². The number of terminal acetylenes is 1. The van der Waals surface area contributed by atoms with Crippen LogP contribution < -0.4 is 10.2 Å². The Morgan fingerprint density at radius 3 is 2.55 bits per heavy atom. The maximum absolute atomic E-state index is 13.3. The van der Waals surface area contributed by atoms with Crippen molar-refractivity contribution < 1.29 is 19.1 Å². The lowest BCUT2D eigenvalue weighted by molar-refractivity contribution is -0.119. The average molecular weight is 444 g/mol. The van der Waals surface area contributed by atoms with Crippen molar-refractivity contribution in [1.29, 1.82) is 0 Å². The molecule has 8 nitrogen and oxygen atoms in total. The molecule has 0 aliphatic heterocycles. The molecule has 0 radical (unpaired) electrons. The van der Waals surface area contributed by atoms with Crippen LogP contribution in [0, 0.1) is 19.3 Å². The second kappa shape index (κ2) is 10.3. The molecule has 33 heavy (non-hydrogen) atoms. The highest BCUT2D eigenvalue weighted by Crippen LogP contribution is 2.21. The Bertz CT molecular complexity index is 1220. The van der Waals surface area contributed by atoms with E-state index in [9.17, 15) is 14.4 Å². The maximum Gasteiger partial charge on any atom is 0.341 e. The fraction of sp³-hybridized carbons (Fsp3) is 0.200. The average Bonchev–Trinajstić information content (AvgIpc) is 3.23. The van der Waals surface area contributed by atoms with E-state index < -0.39 is 5.97 Å². The Balaban J connectivity index is 1.90. The summed E-state index contributed by atoms with van der Waals surface area (Å²) in [6.45, 7) is 3.62. The number of nitrogens with one attached hydrogen (secondary N) is 1. The third kappa shape index (κ3) is 5.10. The van der Waals surface area contributed by atoms with Gasteiger partial charge in [0.25, 0.3) is 5.91 Å². The van der Waals surface area contributed by atoms with Crippen LogP contribution in [0.5, 0.6) is 0 Å². The van der Waals surface area contributed by atoms with Crippen molar-refractivity contribution in [2.75, 3.05) is 25.1 Å². The lowest BCUT2D eigenvalue weighted by Crippen LogP contribution is -2.39. The van der Waals surface area contributed by atoms with Gasteiger partial charge in [0.05, 0.1) is 24.2 Å². The van der Waals surface area contributed by atoms with Gasteiger partial charge in [-0.25, -0.2) is 9.48 Å². The van der Waals surface area contributed by atoms with Gasteiger partial charge in [0.15, 0.2) is 0 Å². The lowest BCUT2D eigenvalue weighted by Gasteiger charge is -2.22. The monoisotopic (exact) mass is 444 g/mol. The van der Waals surface area contributed by atoms with E-state index in [0.717, 1.165) is 0 Å². The van der Waals surface area contributed by atoms with Gasteiger partial charge in [-0.05, 0) is 56.3 Å². The molecular weight excluding hydrogens is 420 g/mol. The smallest absolute Gasteiger partial charge is 0.341 e. The fourth-order valence-electron chi connectivity index (χ4n) is 3.25. The predicted molar refractivity (Wildman–Crippen MR) is 124 cm³/mol. The first-order valence-corrected chi connectivity index (χ1v) is 10.3. The summed E-state index contributed by atoms with van der Waals surface area (Å²) in [6, 6.07) is 13.6. The molecule has 0 saturated carbocycles. The second-order valence-electron chi connectivity index (χ2n) is 7.08. The molecule has 0 unspecified atom stereocenters. The summed E-state index contributed by atoms with van der Waals surface area (Å²) in [5.41, 5.74) is 3.17. The first-order chi connectivity index (χ1) is 15.9. The molecule has 2 aromatic carbocycles. The fourth-order valence-corrected chi connectivity index (χ4v) is 3.25. The summed E-state index contributed by atoms with van der Waals surface area (Å²) in [7, 11) is 1.51. The Labute approximate surface area is 192 Å². The third-order valence-electron chi connectivity index (χ3n) is 5.01. The summed E-state index contributed by atoms with van der Waals surface area (Å²) >= 11 is 0. The van der Waals surface area contributed by atoms with Gasteiger partial charge in [-0.3, -0.25) is 14.5 Å². The van der Waals surface area contributed by atoms with Crippen molar-refractivity contribution in [3.8, 4) is 18.0 Å². The Morgan fingerprint density at radius 1 is 1.18 bits per heavy atom. The van der Waals surface area contributed by atoms with E-state index in [4.69, 9.17) is 11.2 Å². The zero-order chi connectivity index (χ0) is 24.0. The highest BCUT2D eigenvalue weighted by molar-refractivity contribution is 6.08. The Morgan fingerprint density at radius 2 is 1.91 bits per heavy atom. The minimum atomic E-state index is -0.438. The number of carbonyl (C=O) groups is 3. The van der Waals surface area contributed by atoms with Crippen LogP contribution in [-0.2, 0) is 9.53 Å². The molecule has 3 aromatic rings. The SMILES string of the molecule is C#Cc1cccc(N(CC(=O)NC)C(=O)c2ccc(-n3ncc(C(=O)OCC)c3C)cc2)c1. The number of hydrogen-bond donors (Lipinski definition) is 1. The number of nitrogens with zero attached hydrogens (tertiary/aromatic N) is 3. The van der Waals surface area contributed by atoms with E-state index in [0.29, 0.717) is 33.8 Å². The highest BCUT2D eigenvalue weighted by Gasteiger charge is 2.21. The highest BCUT2D eigenvalue weighted by atomic mass is 16.5. The van der Waals surface area contributed by atoms with Crippen LogP contribution in [0.25, 0.3) is 5.69 Å². The number of rotatable bonds is 7. The van der Waals surface area contributed by atoms with Gasteiger partial charge in [0, 0.05) is 23.9 Å². The number of aromatic nitrogens is 2. The molecule has 2 amide bonds. The summed E-state index contributed by atoms with van der Waals surface area (Å²) < 4.78 is 6.64. The second-order valence-corrected chi connectivity index (χ2v) is 7.08. The lowest BCUT2D eigenvalue weighted by atomic mass is 10.1. The first kappa shape index (κ1) is 23.3. The number of hydrogen-bond acceptors (Lipinski definition) is 5. The van der Waals surface area contributed by atoms with Gasteiger partial charge < -0.3 is 10.1 Å². The number of amides is 2. The van der Waals surface area contributed by atoms with Gasteiger partial charge in [-0.1, -0.05) is 12.0 Å². The molecule has 0 aliphatic carbocycles. The summed E-state index contributed by atoms with van der Waals surface area (Å²) in [5.74, 6) is 1.43. The van der Waals surface area contributed by atoms with Gasteiger partial charge in [0.2, 0.25) is 5.91 Å². The number of benzene rings is 2. The number of carbonyl (C=O) groups excluding carboxylic acids is 3. The van der Waals surface area contributed by atoms with Crippen molar-refractivity contribution >= 4 is 23.5 Å². The minimum Gasteiger partial charge on any atom is -0.462 e. The van der Waals surface area contributed by atoms with Crippen LogP contribution in [0.4, 0.5) is 5.69 Å². The Hall–Kier alpha value is -4.38. The molecule has 0 saturated heterocycles. The van der Waals surface area contributed by atoms with E-state index in [-0.39, 0.29) is 25.0 Å². The van der Waals surface area contributed by atoms with Gasteiger partial charge >= 0.3 is 5.97 Å². The van der Waals surface area contributed by atoms with Crippen molar-refractivity contribution in [3.05, 3.63) is 77.1 Å². The van der Waals surface area contributed by atoms with Gasteiger partial charge in [-0.15, -0.1) is 6.42 Å². The molecule has 3 rings (SSSR count). The van der Waals surface area contributed by atoms with Crippen LogP contribution in [0.3, 0.4) is 0 Å². The normalized spacial score (nSPS) is 10.2. The number of anilines is 1. The Kier molecular flexibility index (Phi) is 7.26. The predicted octanol–water partition coefficient (Wildman–Crippen LogP) is 2.73. The standard InChI is InChI=1S/C25H24N4O4/c1-5-18-8-7-9-21(14-18)28(16-23(30)26-4)24(31)19-10-12-20(13-11-19)29-17(3)22(15-27-29)25(32)33-6-2/h1,7-15H,6,16H2,2-4H3,(H,26,30). The molecule has 0 bridgehead atoms. The molecule has 1 aromatic heterocycles. The van der Waals surface area contributed by atoms with Crippen molar-refractivity contribution in [2.45, 2.75) is 13.8 Å².